The van der Waals surface area contributed by atoms with Gasteiger partial charge < -0.3 is 4.52 Å². The van der Waals surface area contributed by atoms with Crippen LogP contribution >= 0.6 is 12.6 Å². The van der Waals surface area contributed by atoms with Gasteiger partial charge in [-0.05, 0) is 13.0 Å². The first-order valence-corrected chi connectivity index (χ1v) is 4.35. The van der Waals surface area contributed by atoms with Gasteiger partial charge in [-0.1, -0.05) is 5.16 Å². The number of nitrogens with zero attached hydrogens (tertiary/aromatic N) is 3. The van der Waals surface area contributed by atoms with Crippen molar-refractivity contribution >= 4 is 12.6 Å². The second-order valence-corrected chi connectivity index (χ2v) is 3.33. The summed E-state index contributed by atoms with van der Waals surface area (Å²) in [4.78, 5) is 4.64. The van der Waals surface area contributed by atoms with Gasteiger partial charge in [-0.15, -0.1) is 12.6 Å². The standard InChI is InChI=1S/C8H7N3O2S/c1-5-9-8(13-10-5)6-2-7(14)4-11(12)3-6/h2-4H,1H3,(H-,12,14)/p+1. The molecular formula is C8H8N3O2S+. The molecule has 1 N–H and O–H groups in total. The zero-order valence-corrected chi connectivity index (χ0v) is 8.27. The lowest BCUT2D eigenvalue weighted by Crippen LogP contribution is -2.28. The largest absolute Gasteiger partial charge is 0.334 e. The van der Waals surface area contributed by atoms with Crippen molar-refractivity contribution in [2.24, 2.45) is 0 Å². The van der Waals surface area contributed by atoms with Crippen LogP contribution in [-0.4, -0.2) is 15.3 Å². The SMILES string of the molecule is Cc1noc(-c2cc(S)c[n+](O)c2)n1. The number of aryl methyl sites for hydroxylation is 1. The lowest BCUT2D eigenvalue weighted by atomic mass is 10.3. The highest BCUT2D eigenvalue weighted by molar-refractivity contribution is 7.80. The van der Waals surface area contributed by atoms with E-state index in [0.717, 1.165) is 4.73 Å². The predicted octanol–water partition coefficient (Wildman–Crippen LogP) is 0.859. The molecule has 0 unspecified atom stereocenters. The molecule has 14 heavy (non-hydrogen) atoms. The van der Waals surface area contributed by atoms with E-state index in [1.54, 1.807) is 13.0 Å². The molecule has 2 heterocycles. The Labute approximate surface area is 85.4 Å². The number of rotatable bonds is 1. The Balaban J connectivity index is 2.51. The van der Waals surface area contributed by atoms with Gasteiger partial charge in [-0.2, -0.15) is 4.98 Å². The maximum absolute atomic E-state index is 9.24. The maximum Gasteiger partial charge on any atom is 0.264 e. The summed E-state index contributed by atoms with van der Waals surface area (Å²) in [5.74, 6) is 0.912. The van der Waals surface area contributed by atoms with Gasteiger partial charge in [0.05, 0.1) is 4.90 Å². The minimum absolute atomic E-state index is 0.362. The Hall–Kier alpha value is -1.56. The Kier molecular flexibility index (Phi) is 2.12. The average Bonchev–Trinajstić information content (AvgIpc) is 2.50. The second kappa shape index (κ2) is 3.30. The normalized spacial score (nSPS) is 10.4. The van der Waals surface area contributed by atoms with Crippen molar-refractivity contribution < 1.29 is 14.5 Å². The van der Waals surface area contributed by atoms with Gasteiger partial charge in [0.15, 0.2) is 5.82 Å². The summed E-state index contributed by atoms with van der Waals surface area (Å²) in [6.07, 6.45) is 2.92. The first-order chi connectivity index (χ1) is 6.65. The molecule has 6 heteroatoms. The van der Waals surface area contributed by atoms with E-state index < -0.39 is 0 Å². The van der Waals surface area contributed by atoms with Crippen molar-refractivity contribution in [2.45, 2.75) is 11.8 Å². The molecule has 0 aromatic carbocycles. The molecule has 0 fully saturated rings. The van der Waals surface area contributed by atoms with Crippen LogP contribution in [0.1, 0.15) is 5.82 Å². The summed E-state index contributed by atoms with van der Waals surface area (Å²) < 4.78 is 5.84. The first kappa shape index (κ1) is 9.01. The van der Waals surface area contributed by atoms with Crippen molar-refractivity contribution in [2.75, 3.05) is 0 Å². The molecule has 2 aromatic heterocycles. The third-order valence-corrected chi connectivity index (χ3v) is 1.86. The summed E-state index contributed by atoms with van der Waals surface area (Å²) in [6, 6.07) is 1.72. The molecule has 2 rings (SSSR count). The highest BCUT2D eigenvalue weighted by atomic mass is 32.1. The molecule has 0 saturated carbocycles. The number of hydrogen-bond acceptors (Lipinski definition) is 5. The molecule has 72 valence electrons. The summed E-state index contributed by atoms with van der Waals surface area (Å²) in [6.45, 7) is 1.73. The molecule has 0 aliphatic heterocycles. The number of thiol groups is 1. The zero-order valence-electron chi connectivity index (χ0n) is 7.38. The van der Waals surface area contributed by atoms with Gasteiger partial charge >= 0.3 is 0 Å². The molecule has 0 radical (unpaired) electrons. The van der Waals surface area contributed by atoms with Gasteiger partial charge in [0.2, 0.25) is 12.4 Å². The Morgan fingerprint density at radius 2 is 2.29 bits per heavy atom. The Bertz CT molecular complexity index is 449. The molecule has 0 bridgehead atoms. The van der Waals surface area contributed by atoms with Crippen LogP contribution in [0, 0.1) is 6.92 Å². The third-order valence-electron chi connectivity index (χ3n) is 1.61. The predicted molar refractivity (Wildman–Crippen MR) is 49.1 cm³/mol. The van der Waals surface area contributed by atoms with E-state index in [-0.39, 0.29) is 0 Å². The topological polar surface area (TPSA) is 63.0 Å². The number of aromatic nitrogens is 3. The van der Waals surface area contributed by atoms with Gasteiger partial charge in [0.1, 0.15) is 5.56 Å². The highest BCUT2D eigenvalue weighted by Gasteiger charge is 2.12. The molecule has 0 atom stereocenters. The van der Waals surface area contributed by atoms with Gasteiger partial charge in [0, 0.05) is 4.73 Å². The lowest BCUT2D eigenvalue weighted by molar-refractivity contribution is -0.905. The lowest BCUT2D eigenvalue weighted by Gasteiger charge is -1.91. The third kappa shape index (κ3) is 1.69. The molecule has 2 aromatic rings. The van der Waals surface area contributed by atoms with Crippen LogP contribution < -0.4 is 4.73 Å². The summed E-state index contributed by atoms with van der Waals surface area (Å²) in [7, 11) is 0. The molecular weight excluding hydrogens is 202 g/mol. The first-order valence-electron chi connectivity index (χ1n) is 3.90. The van der Waals surface area contributed by atoms with Crippen LogP contribution in [0.25, 0.3) is 11.5 Å². The van der Waals surface area contributed by atoms with Gasteiger partial charge in [0.25, 0.3) is 5.89 Å². The monoisotopic (exact) mass is 210 g/mol. The minimum Gasteiger partial charge on any atom is -0.334 e. The fourth-order valence-corrected chi connectivity index (χ4v) is 1.34. The number of hydrogen-bond donors (Lipinski definition) is 2. The maximum atomic E-state index is 9.24. The van der Waals surface area contributed by atoms with E-state index in [1.807, 2.05) is 0 Å². The fraction of sp³-hybridized carbons (Fsp3) is 0.125. The molecule has 0 spiro atoms. The second-order valence-electron chi connectivity index (χ2n) is 2.81. The summed E-state index contributed by atoms with van der Waals surface area (Å²) in [5, 5.41) is 12.9. The van der Waals surface area contributed by atoms with E-state index in [9.17, 15) is 5.21 Å². The number of pyridine rings is 1. The van der Waals surface area contributed by atoms with Crippen molar-refractivity contribution in [3.05, 3.63) is 24.3 Å². The highest BCUT2D eigenvalue weighted by Crippen LogP contribution is 2.17. The van der Waals surface area contributed by atoms with Crippen molar-refractivity contribution in [3.63, 3.8) is 0 Å². The molecule has 0 amide bonds. The van der Waals surface area contributed by atoms with E-state index in [1.165, 1.54) is 12.4 Å². The van der Waals surface area contributed by atoms with Crippen molar-refractivity contribution in [1.82, 2.24) is 10.1 Å². The molecule has 0 saturated heterocycles. The minimum atomic E-state index is 0.362. The molecule has 0 aliphatic carbocycles. The van der Waals surface area contributed by atoms with Crippen LogP contribution in [0.2, 0.25) is 0 Å². The Morgan fingerprint density at radius 1 is 1.50 bits per heavy atom. The Morgan fingerprint density at radius 3 is 2.86 bits per heavy atom. The molecule has 5 nitrogen and oxygen atoms in total. The van der Waals surface area contributed by atoms with Crippen LogP contribution in [-0.2, 0) is 0 Å². The quantitative estimate of drug-likeness (QED) is 0.416. The summed E-state index contributed by atoms with van der Waals surface area (Å²) in [5.41, 5.74) is 0.626. The van der Waals surface area contributed by atoms with Crippen LogP contribution in [0.3, 0.4) is 0 Å². The fourth-order valence-electron chi connectivity index (χ4n) is 1.08. The van der Waals surface area contributed by atoms with Crippen molar-refractivity contribution in [1.29, 1.82) is 0 Å². The van der Waals surface area contributed by atoms with Crippen LogP contribution in [0.4, 0.5) is 0 Å². The van der Waals surface area contributed by atoms with E-state index in [4.69, 9.17) is 4.52 Å². The van der Waals surface area contributed by atoms with Crippen LogP contribution in [0.5, 0.6) is 0 Å². The van der Waals surface area contributed by atoms with Crippen LogP contribution in [0.15, 0.2) is 27.9 Å². The van der Waals surface area contributed by atoms with Gasteiger partial charge in [-0.25, -0.2) is 0 Å². The smallest absolute Gasteiger partial charge is 0.264 e. The van der Waals surface area contributed by atoms with E-state index >= 15 is 0 Å². The zero-order chi connectivity index (χ0) is 10.1. The summed E-state index contributed by atoms with van der Waals surface area (Å²) >= 11 is 4.11. The average molecular weight is 210 g/mol. The molecule has 0 aliphatic rings. The van der Waals surface area contributed by atoms with E-state index in [2.05, 4.69) is 22.8 Å². The van der Waals surface area contributed by atoms with Gasteiger partial charge in [-0.3, -0.25) is 5.21 Å². The van der Waals surface area contributed by atoms with E-state index in [0.29, 0.717) is 22.2 Å². The van der Waals surface area contributed by atoms with Crippen molar-refractivity contribution in [3.8, 4) is 11.5 Å².